The highest BCUT2D eigenvalue weighted by atomic mass is 32.1. The van der Waals surface area contributed by atoms with Crippen molar-refractivity contribution in [1.82, 2.24) is 0 Å². The lowest BCUT2D eigenvalue weighted by atomic mass is 9.97. The Morgan fingerprint density at radius 2 is 0.742 bits per heavy atom. The Hall–Kier alpha value is -7.40. The average molecular weight is 905 g/mol. The molecule has 326 valence electrons. The quantitative estimate of drug-likeness (QED) is 0.0465. The van der Waals surface area contributed by atoms with Crippen LogP contribution in [0.3, 0.4) is 0 Å². The first-order valence-electron chi connectivity index (χ1n) is 21.9. The van der Waals surface area contributed by atoms with Crippen LogP contribution in [0.5, 0.6) is 0 Å². The van der Waals surface area contributed by atoms with Crippen molar-refractivity contribution in [1.29, 1.82) is 0 Å². The summed E-state index contributed by atoms with van der Waals surface area (Å²) in [5, 5.41) is 12.6. The van der Waals surface area contributed by atoms with E-state index in [0.29, 0.717) is 46.5 Å². The van der Waals surface area contributed by atoms with Crippen LogP contribution in [-0.2, 0) is 9.68 Å². The van der Waals surface area contributed by atoms with Gasteiger partial charge in [-0.1, -0.05) is 97.7 Å². The van der Waals surface area contributed by atoms with Gasteiger partial charge in [0, 0.05) is 73.7 Å². The molecule has 0 fully saturated rings. The van der Waals surface area contributed by atoms with Crippen LogP contribution in [0.1, 0.15) is 114 Å². The first-order valence-corrected chi connectivity index (χ1v) is 23.5. The third-order valence-electron chi connectivity index (χ3n) is 11.7. The number of hydrogen-bond donors (Lipinski definition) is 0. The van der Waals surface area contributed by atoms with E-state index in [-0.39, 0.29) is 22.7 Å². The predicted octanol–water partition coefficient (Wildman–Crippen LogP) is 14.2. The SMILES string of the molecule is CCC/C(=N/OC(=O)c1ccc(C(=O)O/N=C(/CCC)c2ccc3sc4ccc(C(=O)c5ccccc5C)cc4c3c2)cc1)c1ccc2sc3ccc(C(=O)c4ccccc4C)cc3c2c1. The fourth-order valence-corrected chi connectivity index (χ4v) is 10.3. The summed E-state index contributed by atoms with van der Waals surface area (Å²) in [5.74, 6) is -1.38. The maximum absolute atomic E-state index is 13.5. The van der Waals surface area contributed by atoms with Crippen molar-refractivity contribution in [3.8, 4) is 0 Å². The van der Waals surface area contributed by atoms with Gasteiger partial charge in [0.15, 0.2) is 11.6 Å². The molecule has 0 saturated carbocycles. The number of nitrogens with zero attached hydrogens (tertiary/aromatic N) is 2. The number of carbonyl (C=O) groups excluding carboxylic acids is 4. The highest BCUT2D eigenvalue weighted by Gasteiger charge is 2.19. The van der Waals surface area contributed by atoms with Crippen LogP contribution in [-0.4, -0.2) is 34.9 Å². The van der Waals surface area contributed by atoms with E-state index in [4.69, 9.17) is 9.68 Å². The number of benzene rings is 7. The van der Waals surface area contributed by atoms with E-state index < -0.39 is 11.9 Å². The zero-order valence-electron chi connectivity index (χ0n) is 36.8. The van der Waals surface area contributed by atoms with Crippen molar-refractivity contribution in [2.75, 3.05) is 0 Å². The molecule has 0 aliphatic heterocycles. The molecule has 9 aromatic rings. The molecule has 0 saturated heterocycles. The Balaban J connectivity index is 0.898. The molecule has 0 aliphatic carbocycles. The number of carbonyl (C=O) groups is 4. The fraction of sp³-hybridized carbons (Fsp3) is 0.143. The number of rotatable bonds is 14. The van der Waals surface area contributed by atoms with Crippen LogP contribution in [0, 0.1) is 13.8 Å². The standard InChI is InChI=1S/C56H44N2O6S2/c1-5-11-47(37-21-25-49-43(29-37)45-31-39(23-27-51(45)65-49)53(59)41-15-9-7-13-33(41)3)57-63-55(61)35-17-19-36(20-18-35)56(62)64-58-48(12-6-2)38-22-26-50-44(30-38)46-32-40(24-28-52(46)66-50)54(60)42-16-10-8-14-34(42)4/h7-10,13-32H,5-6,11-12H2,1-4H3/b57-47-,58-48-. The maximum Gasteiger partial charge on any atom is 0.365 e. The topological polar surface area (TPSA) is 111 Å². The smallest absolute Gasteiger partial charge is 0.313 e. The Kier molecular flexibility index (Phi) is 12.6. The van der Waals surface area contributed by atoms with Crippen LogP contribution in [0.25, 0.3) is 40.3 Å². The summed E-state index contributed by atoms with van der Waals surface area (Å²) in [7, 11) is 0. The summed E-state index contributed by atoms with van der Waals surface area (Å²) in [4.78, 5) is 64.5. The molecular weight excluding hydrogens is 861 g/mol. The minimum absolute atomic E-state index is 0.0208. The number of fused-ring (bicyclic) bond motifs is 6. The van der Waals surface area contributed by atoms with Gasteiger partial charge in [-0.2, -0.15) is 0 Å². The van der Waals surface area contributed by atoms with Crippen molar-refractivity contribution in [2.45, 2.75) is 53.4 Å². The molecule has 0 bridgehead atoms. The molecule has 0 aliphatic rings. The number of oxime groups is 2. The fourth-order valence-electron chi connectivity index (χ4n) is 8.16. The van der Waals surface area contributed by atoms with Gasteiger partial charge in [-0.25, -0.2) is 9.59 Å². The van der Waals surface area contributed by atoms with E-state index in [2.05, 4.69) is 10.3 Å². The van der Waals surface area contributed by atoms with Gasteiger partial charge in [-0.05, 0) is 123 Å². The Labute approximate surface area is 389 Å². The summed E-state index contributed by atoms with van der Waals surface area (Å²) in [5.41, 5.74) is 7.76. The van der Waals surface area contributed by atoms with Crippen LogP contribution >= 0.6 is 22.7 Å². The molecule has 0 N–H and O–H groups in total. The molecule has 2 heterocycles. The normalized spacial score (nSPS) is 12.0. The zero-order valence-corrected chi connectivity index (χ0v) is 38.5. The van der Waals surface area contributed by atoms with Gasteiger partial charge in [0.05, 0.1) is 22.6 Å². The summed E-state index contributed by atoms with van der Waals surface area (Å²) in [6.45, 7) is 7.94. The third-order valence-corrected chi connectivity index (χ3v) is 14.0. The summed E-state index contributed by atoms with van der Waals surface area (Å²) in [6, 6.07) is 45.0. The maximum atomic E-state index is 13.5. The van der Waals surface area contributed by atoms with E-state index in [0.717, 1.165) is 75.4 Å². The molecule has 9 rings (SSSR count). The van der Waals surface area contributed by atoms with Crippen LogP contribution in [0.4, 0.5) is 0 Å². The lowest BCUT2D eigenvalue weighted by molar-refractivity contribution is 0.0502. The van der Waals surface area contributed by atoms with Crippen molar-refractivity contribution < 1.29 is 28.9 Å². The molecule has 8 nitrogen and oxygen atoms in total. The number of hydrogen-bond acceptors (Lipinski definition) is 10. The number of aryl methyl sites for hydroxylation is 2. The Bertz CT molecular complexity index is 3220. The lowest BCUT2D eigenvalue weighted by Crippen LogP contribution is -2.08. The van der Waals surface area contributed by atoms with Crippen LogP contribution in [0.2, 0.25) is 0 Å². The summed E-state index contributed by atoms with van der Waals surface area (Å²) >= 11 is 3.31. The molecule has 0 spiro atoms. The third kappa shape index (κ3) is 8.85. The van der Waals surface area contributed by atoms with Gasteiger partial charge in [0.1, 0.15) is 0 Å². The molecule has 0 amide bonds. The molecule has 2 aromatic heterocycles. The second-order valence-corrected chi connectivity index (χ2v) is 18.4. The van der Waals surface area contributed by atoms with E-state index in [1.807, 2.05) is 149 Å². The van der Waals surface area contributed by atoms with Gasteiger partial charge >= 0.3 is 11.9 Å². The summed E-state index contributed by atoms with van der Waals surface area (Å²) in [6.07, 6.45) is 2.67. The number of thiophene rings is 2. The predicted molar refractivity (Wildman–Crippen MR) is 268 cm³/mol. The van der Waals surface area contributed by atoms with Crippen molar-refractivity contribution in [3.05, 3.63) is 201 Å². The average Bonchev–Trinajstić information content (AvgIpc) is 3.90. The Morgan fingerprint density at radius 3 is 1.09 bits per heavy atom. The summed E-state index contributed by atoms with van der Waals surface area (Å²) < 4.78 is 4.28. The minimum Gasteiger partial charge on any atom is -0.313 e. The van der Waals surface area contributed by atoms with Gasteiger partial charge in [0.2, 0.25) is 0 Å². The van der Waals surface area contributed by atoms with E-state index in [1.54, 1.807) is 22.7 Å². The van der Waals surface area contributed by atoms with Gasteiger partial charge < -0.3 is 9.68 Å². The molecule has 0 radical (unpaired) electrons. The molecule has 0 atom stereocenters. The first-order chi connectivity index (χ1) is 32.1. The largest absolute Gasteiger partial charge is 0.365 e. The van der Waals surface area contributed by atoms with Crippen LogP contribution in [0.15, 0.2) is 156 Å². The molecule has 7 aromatic carbocycles. The van der Waals surface area contributed by atoms with Crippen molar-refractivity contribution in [3.63, 3.8) is 0 Å². The molecular formula is C56H44N2O6S2. The second kappa shape index (κ2) is 19.0. The monoisotopic (exact) mass is 904 g/mol. The van der Waals surface area contributed by atoms with Crippen molar-refractivity contribution in [2.24, 2.45) is 10.3 Å². The van der Waals surface area contributed by atoms with Gasteiger partial charge in [-0.3, -0.25) is 9.59 Å². The van der Waals surface area contributed by atoms with E-state index in [1.165, 1.54) is 24.3 Å². The van der Waals surface area contributed by atoms with Gasteiger partial charge in [-0.15, -0.1) is 22.7 Å². The molecule has 66 heavy (non-hydrogen) atoms. The number of ketones is 2. The zero-order chi connectivity index (χ0) is 45.9. The first kappa shape index (κ1) is 43.8. The lowest BCUT2D eigenvalue weighted by Gasteiger charge is -2.07. The second-order valence-electron chi connectivity index (χ2n) is 16.2. The van der Waals surface area contributed by atoms with Gasteiger partial charge in [0.25, 0.3) is 0 Å². The van der Waals surface area contributed by atoms with Crippen LogP contribution < -0.4 is 0 Å². The van der Waals surface area contributed by atoms with Crippen molar-refractivity contribution >= 4 is 97.9 Å². The highest BCUT2D eigenvalue weighted by Crippen LogP contribution is 2.37. The Morgan fingerprint density at radius 1 is 0.424 bits per heavy atom. The minimum atomic E-state index is -0.670. The molecule has 0 unspecified atom stereocenters. The van der Waals surface area contributed by atoms with E-state index in [9.17, 15) is 19.2 Å². The highest BCUT2D eigenvalue weighted by molar-refractivity contribution is 7.26. The van der Waals surface area contributed by atoms with E-state index >= 15 is 0 Å². The molecule has 10 heteroatoms.